The number of nitrogens with zero attached hydrogens (tertiary/aromatic N) is 5. The van der Waals surface area contributed by atoms with Gasteiger partial charge >= 0.3 is 5.97 Å². The van der Waals surface area contributed by atoms with Crippen molar-refractivity contribution >= 4 is 41.0 Å². The third-order valence-electron chi connectivity index (χ3n) is 8.52. The molecule has 3 heterocycles. The number of fused-ring (bicyclic) bond motifs is 3. The number of carbonyl (C=O) groups is 3. The molecular formula is C33H32Cl2N6O5. The van der Waals surface area contributed by atoms with E-state index in [0.717, 1.165) is 16.7 Å². The maximum absolute atomic E-state index is 14.4. The van der Waals surface area contributed by atoms with E-state index in [1.165, 1.54) is 6.20 Å². The summed E-state index contributed by atoms with van der Waals surface area (Å²) in [6.07, 6.45) is 4.21. The summed E-state index contributed by atoms with van der Waals surface area (Å²) in [6.45, 7) is 4.96. The standard InChI is InChI=1S/C33H32Cl2N6O5/c1-33(2)17-39(16-28(42)43)6-7-40(33)32(45)29-24-5-4-18-9-27(46-3)25(19-8-20(31(36)44)15-37-14-19)13-26(18)30(24)41(38-29)23-11-21(34)10-22(35)12-23/h8-15H,4-7,16-17H2,1-3H3,(H2,36,44)(H,42,43). The van der Waals surface area contributed by atoms with Crippen molar-refractivity contribution in [1.82, 2.24) is 24.6 Å². The number of carboxylic acids is 1. The van der Waals surface area contributed by atoms with E-state index in [2.05, 4.69) is 4.98 Å². The minimum atomic E-state index is -0.907. The number of nitrogens with two attached hydrogens (primary N) is 1. The van der Waals surface area contributed by atoms with E-state index in [1.54, 1.807) is 47.2 Å². The van der Waals surface area contributed by atoms with Gasteiger partial charge in [-0.2, -0.15) is 5.10 Å². The van der Waals surface area contributed by atoms with Gasteiger partial charge in [0.15, 0.2) is 5.69 Å². The van der Waals surface area contributed by atoms with Crippen LogP contribution in [0.4, 0.5) is 0 Å². The zero-order valence-corrected chi connectivity index (χ0v) is 27.0. The van der Waals surface area contributed by atoms with Crippen LogP contribution in [0.3, 0.4) is 0 Å². The van der Waals surface area contributed by atoms with Gasteiger partial charge in [0.05, 0.1) is 36.1 Å². The number of benzene rings is 2. The van der Waals surface area contributed by atoms with E-state index in [-0.39, 0.29) is 18.0 Å². The molecule has 2 aromatic carbocycles. The van der Waals surface area contributed by atoms with Crippen molar-refractivity contribution in [3.05, 3.63) is 81.2 Å². The van der Waals surface area contributed by atoms with Gasteiger partial charge in [0.25, 0.3) is 5.91 Å². The third kappa shape index (κ3) is 5.81. The van der Waals surface area contributed by atoms with Gasteiger partial charge in [0.2, 0.25) is 5.91 Å². The average molecular weight is 664 g/mol. The summed E-state index contributed by atoms with van der Waals surface area (Å²) < 4.78 is 7.48. The lowest BCUT2D eigenvalue weighted by Crippen LogP contribution is -2.61. The highest BCUT2D eigenvalue weighted by Gasteiger charge is 2.40. The molecule has 2 aromatic heterocycles. The van der Waals surface area contributed by atoms with Crippen molar-refractivity contribution < 1.29 is 24.2 Å². The number of methoxy groups -OCH3 is 1. The predicted octanol–water partition coefficient (Wildman–Crippen LogP) is 4.74. The van der Waals surface area contributed by atoms with Crippen LogP contribution in [0.25, 0.3) is 28.1 Å². The molecule has 1 aliphatic carbocycles. The molecule has 0 atom stereocenters. The van der Waals surface area contributed by atoms with Gasteiger partial charge in [-0.15, -0.1) is 0 Å². The molecule has 11 nitrogen and oxygen atoms in total. The number of pyridine rings is 1. The summed E-state index contributed by atoms with van der Waals surface area (Å²) >= 11 is 12.9. The van der Waals surface area contributed by atoms with Crippen LogP contribution in [0.2, 0.25) is 10.0 Å². The molecule has 13 heteroatoms. The van der Waals surface area contributed by atoms with Crippen LogP contribution in [0, 0.1) is 0 Å². The maximum atomic E-state index is 14.4. The number of aromatic nitrogens is 3. The number of primary amides is 1. The Bertz CT molecular complexity index is 1890. The fourth-order valence-electron chi connectivity index (χ4n) is 6.50. The monoisotopic (exact) mass is 662 g/mol. The largest absolute Gasteiger partial charge is 0.496 e. The second-order valence-corrected chi connectivity index (χ2v) is 13.0. The van der Waals surface area contributed by atoms with Gasteiger partial charge < -0.3 is 20.5 Å². The van der Waals surface area contributed by atoms with Gasteiger partial charge in [-0.1, -0.05) is 23.2 Å². The molecule has 3 N–H and O–H groups in total. The Kier molecular flexibility index (Phi) is 8.26. The molecule has 1 fully saturated rings. The molecule has 0 bridgehead atoms. The minimum Gasteiger partial charge on any atom is -0.496 e. The lowest BCUT2D eigenvalue weighted by atomic mass is 9.85. The third-order valence-corrected chi connectivity index (χ3v) is 8.96. The Morgan fingerprint density at radius 3 is 2.39 bits per heavy atom. The van der Waals surface area contributed by atoms with Crippen LogP contribution in [-0.2, 0) is 17.6 Å². The van der Waals surface area contributed by atoms with Crippen molar-refractivity contribution in [1.29, 1.82) is 0 Å². The first-order valence-corrected chi connectivity index (χ1v) is 15.4. The van der Waals surface area contributed by atoms with E-state index in [1.807, 2.05) is 30.9 Å². The number of piperazine rings is 1. The summed E-state index contributed by atoms with van der Waals surface area (Å²) in [6, 6.07) is 10.7. The number of rotatable bonds is 7. The first-order chi connectivity index (χ1) is 21.9. The van der Waals surface area contributed by atoms with Crippen molar-refractivity contribution in [3.63, 3.8) is 0 Å². The number of carbonyl (C=O) groups excluding carboxylic acids is 2. The Hall–Kier alpha value is -4.45. The Labute approximate surface area is 275 Å². The molecule has 4 aromatic rings. The number of ether oxygens (including phenoxy) is 1. The molecule has 0 radical (unpaired) electrons. The van der Waals surface area contributed by atoms with E-state index < -0.39 is 17.4 Å². The fraction of sp³-hybridized carbons (Fsp3) is 0.303. The maximum Gasteiger partial charge on any atom is 0.317 e. The summed E-state index contributed by atoms with van der Waals surface area (Å²) in [5, 5.41) is 15.1. The minimum absolute atomic E-state index is 0.0918. The van der Waals surface area contributed by atoms with Crippen LogP contribution in [0.1, 0.15) is 45.8 Å². The second-order valence-electron chi connectivity index (χ2n) is 12.1. The number of hydrogen-bond donors (Lipinski definition) is 2. The molecule has 2 aliphatic rings. The molecule has 1 aliphatic heterocycles. The van der Waals surface area contributed by atoms with Crippen LogP contribution < -0.4 is 10.5 Å². The van der Waals surface area contributed by atoms with E-state index >= 15 is 0 Å². The zero-order chi connectivity index (χ0) is 32.9. The second kappa shape index (κ2) is 12.1. The van der Waals surface area contributed by atoms with Gasteiger partial charge in [0.1, 0.15) is 5.75 Å². The van der Waals surface area contributed by atoms with Crippen molar-refractivity contribution in [3.8, 4) is 33.8 Å². The molecule has 6 rings (SSSR count). The smallest absolute Gasteiger partial charge is 0.317 e. The van der Waals surface area contributed by atoms with E-state index in [0.29, 0.717) is 76.5 Å². The van der Waals surface area contributed by atoms with Crippen molar-refractivity contribution in [2.45, 2.75) is 32.2 Å². The molecule has 46 heavy (non-hydrogen) atoms. The number of carboxylic acid groups (broad SMARTS) is 1. The zero-order valence-electron chi connectivity index (χ0n) is 25.5. The topological polar surface area (TPSA) is 144 Å². The fourth-order valence-corrected chi connectivity index (χ4v) is 7.01. The van der Waals surface area contributed by atoms with Crippen molar-refractivity contribution in [2.24, 2.45) is 5.73 Å². The Balaban J connectivity index is 1.52. The number of hydrogen-bond acceptors (Lipinski definition) is 7. The van der Waals surface area contributed by atoms with Crippen LogP contribution >= 0.6 is 23.2 Å². The molecule has 238 valence electrons. The van der Waals surface area contributed by atoms with Crippen molar-refractivity contribution in [2.75, 3.05) is 33.3 Å². The SMILES string of the molecule is COc1cc2c(cc1-c1cncc(C(N)=O)c1)-c1c(c(C(=O)N3CCN(CC(=O)O)CC3(C)C)nn1-c1cc(Cl)cc(Cl)c1)CC2. The van der Waals surface area contributed by atoms with Gasteiger partial charge in [-0.3, -0.25) is 24.3 Å². The number of amides is 2. The van der Waals surface area contributed by atoms with Gasteiger partial charge in [-0.05, 0) is 68.7 Å². The normalized spacial score (nSPS) is 15.6. The molecule has 1 saturated heterocycles. The number of halogens is 2. The average Bonchev–Trinajstić information content (AvgIpc) is 3.39. The molecule has 0 spiro atoms. The number of aryl methyl sites for hydroxylation is 1. The van der Waals surface area contributed by atoms with Crippen LogP contribution in [0.15, 0.2) is 48.8 Å². The lowest BCUT2D eigenvalue weighted by Gasteiger charge is -2.46. The first-order valence-electron chi connectivity index (χ1n) is 14.7. The molecular weight excluding hydrogens is 631 g/mol. The first kappa shape index (κ1) is 31.5. The lowest BCUT2D eigenvalue weighted by molar-refractivity contribution is -0.139. The van der Waals surface area contributed by atoms with Gasteiger partial charge in [-0.25, -0.2) is 4.68 Å². The van der Waals surface area contributed by atoms with E-state index in [4.69, 9.17) is 38.8 Å². The molecule has 0 unspecified atom stereocenters. The highest BCUT2D eigenvalue weighted by Crippen LogP contribution is 2.44. The highest BCUT2D eigenvalue weighted by molar-refractivity contribution is 6.34. The van der Waals surface area contributed by atoms with E-state index in [9.17, 15) is 19.5 Å². The molecule has 2 amide bonds. The summed E-state index contributed by atoms with van der Waals surface area (Å²) in [5.41, 5.74) is 10.7. The number of aliphatic carboxylic acids is 1. The quantitative estimate of drug-likeness (QED) is 0.289. The van der Waals surface area contributed by atoms with Crippen LogP contribution in [-0.4, -0.2) is 86.3 Å². The Morgan fingerprint density at radius 1 is 1.00 bits per heavy atom. The van der Waals surface area contributed by atoms with Gasteiger partial charge in [0, 0.05) is 64.3 Å². The summed E-state index contributed by atoms with van der Waals surface area (Å²) in [7, 11) is 1.58. The predicted molar refractivity (Wildman–Crippen MR) is 174 cm³/mol. The summed E-state index contributed by atoms with van der Waals surface area (Å²) in [5.74, 6) is -1.15. The highest BCUT2D eigenvalue weighted by atomic mass is 35.5. The van der Waals surface area contributed by atoms with Crippen LogP contribution in [0.5, 0.6) is 5.75 Å². The summed E-state index contributed by atoms with van der Waals surface area (Å²) in [4.78, 5) is 45.6. The Morgan fingerprint density at radius 2 is 1.74 bits per heavy atom. The molecule has 0 saturated carbocycles.